The lowest BCUT2D eigenvalue weighted by Gasteiger charge is -2.21. The fourth-order valence-electron chi connectivity index (χ4n) is 0.323. The van der Waals surface area contributed by atoms with Crippen LogP contribution in [0.3, 0.4) is 0 Å². The Morgan fingerprint density at radius 2 is 1.91 bits per heavy atom. The molecule has 0 aliphatic carbocycles. The highest BCUT2D eigenvalue weighted by Gasteiger charge is 2.38. The molecule has 66 valence electrons. The summed E-state index contributed by atoms with van der Waals surface area (Å²) in [5.74, 6) is -1.80. The third-order valence-corrected chi connectivity index (χ3v) is 0.991. The van der Waals surface area contributed by atoms with Crippen LogP contribution >= 0.6 is 0 Å². The van der Waals surface area contributed by atoms with Crippen LogP contribution in [-0.2, 0) is 0 Å². The van der Waals surface area contributed by atoms with Crippen molar-refractivity contribution in [1.82, 2.24) is 4.90 Å². The smallest absolute Gasteiger partial charge is 0.314 e. The zero-order chi connectivity index (χ0) is 9.23. The molecule has 1 atom stereocenters. The highest BCUT2D eigenvalue weighted by Crippen LogP contribution is 2.18. The van der Waals surface area contributed by atoms with Gasteiger partial charge in [0.05, 0.1) is 0 Å². The van der Waals surface area contributed by atoms with Crippen molar-refractivity contribution < 1.29 is 17.6 Å². The van der Waals surface area contributed by atoms with Crippen molar-refractivity contribution >= 4 is 5.84 Å². The molecule has 0 aliphatic rings. The van der Waals surface area contributed by atoms with Crippen molar-refractivity contribution in [1.29, 1.82) is 5.41 Å². The van der Waals surface area contributed by atoms with E-state index < -0.39 is 18.4 Å². The van der Waals surface area contributed by atoms with Crippen molar-refractivity contribution in [3.8, 4) is 0 Å². The molecule has 0 saturated carbocycles. The standard InChI is InChI=1S/C4H7F4N3/c1-11(3(5)10)2(9)4(6,7)8/h3,9H,10H2,1H3. The summed E-state index contributed by atoms with van der Waals surface area (Å²) in [6, 6.07) is 0. The van der Waals surface area contributed by atoms with Gasteiger partial charge in [0.15, 0.2) is 0 Å². The van der Waals surface area contributed by atoms with Gasteiger partial charge in [0, 0.05) is 7.05 Å². The molecule has 7 heteroatoms. The monoisotopic (exact) mass is 173 g/mol. The molecule has 11 heavy (non-hydrogen) atoms. The van der Waals surface area contributed by atoms with Gasteiger partial charge in [-0.05, 0) is 0 Å². The lowest BCUT2D eigenvalue weighted by Crippen LogP contribution is -2.46. The normalized spacial score (nSPS) is 14.4. The second-order valence-electron chi connectivity index (χ2n) is 1.83. The maximum atomic E-state index is 11.9. The maximum absolute atomic E-state index is 11.9. The van der Waals surface area contributed by atoms with E-state index in [2.05, 4.69) is 5.73 Å². The van der Waals surface area contributed by atoms with Gasteiger partial charge in [-0.2, -0.15) is 13.2 Å². The van der Waals surface area contributed by atoms with Gasteiger partial charge < -0.3 is 4.90 Å². The minimum absolute atomic E-state index is 0.0139. The van der Waals surface area contributed by atoms with E-state index in [0.717, 1.165) is 7.05 Å². The summed E-state index contributed by atoms with van der Waals surface area (Å²) in [6.45, 7) is 0. The van der Waals surface area contributed by atoms with Gasteiger partial charge in [-0.25, -0.2) is 4.39 Å². The Hall–Kier alpha value is -0.850. The van der Waals surface area contributed by atoms with Gasteiger partial charge in [-0.15, -0.1) is 0 Å². The van der Waals surface area contributed by atoms with E-state index in [4.69, 9.17) is 5.41 Å². The van der Waals surface area contributed by atoms with E-state index in [1.807, 2.05) is 0 Å². The molecule has 1 unspecified atom stereocenters. The van der Waals surface area contributed by atoms with Crippen molar-refractivity contribution in [2.45, 2.75) is 12.6 Å². The third-order valence-electron chi connectivity index (χ3n) is 0.991. The SMILES string of the molecule is CN(C(=N)C(F)(F)F)C(N)F. The highest BCUT2D eigenvalue weighted by atomic mass is 19.4. The summed E-state index contributed by atoms with van der Waals surface area (Å²) in [5.41, 5.74) is 4.45. The third kappa shape index (κ3) is 2.71. The van der Waals surface area contributed by atoms with Crippen LogP contribution in [0.4, 0.5) is 17.6 Å². The fraction of sp³-hybridized carbons (Fsp3) is 0.750. The Morgan fingerprint density at radius 1 is 1.55 bits per heavy atom. The first-order chi connectivity index (χ1) is 4.76. The number of nitrogens with zero attached hydrogens (tertiary/aromatic N) is 1. The molecule has 0 bridgehead atoms. The van der Waals surface area contributed by atoms with E-state index in [1.54, 1.807) is 0 Å². The molecule has 0 aromatic heterocycles. The topological polar surface area (TPSA) is 53.1 Å². The zero-order valence-electron chi connectivity index (χ0n) is 5.61. The Labute approximate surface area is 60.3 Å². The number of hydrogen-bond acceptors (Lipinski definition) is 2. The van der Waals surface area contributed by atoms with Crippen molar-refractivity contribution in [3.05, 3.63) is 0 Å². The van der Waals surface area contributed by atoms with Gasteiger partial charge >= 0.3 is 6.18 Å². The van der Waals surface area contributed by atoms with Gasteiger partial charge in [-0.3, -0.25) is 11.1 Å². The molecular weight excluding hydrogens is 166 g/mol. The van der Waals surface area contributed by atoms with Crippen molar-refractivity contribution in [3.63, 3.8) is 0 Å². The number of rotatable bonds is 1. The first-order valence-electron chi connectivity index (χ1n) is 2.55. The average molecular weight is 173 g/mol. The first-order valence-corrected chi connectivity index (χ1v) is 2.55. The van der Waals surface area contributed by atoms with Gasteiger partial charge in [-0.1, -0.05) is 0 Å². The van der Waals surface area contributed by atoms with Crippen LogP contribution in [0, 0.1) is 5.41 Å². The molecule has 0 radical (unpaired) electrons. The Morgan fingerprint density at radius 3 is 2.00 bits per heavy atom. The number of hydrogen-bond donors (Lipinski definition) is 2. The van der Waals surface area contributed by atoms with Crippen LogP contribution < -0.4 is 5.73 Å². The summed E-state index contributed by atoms with van der Waals surface area (Å²) in [7, 11) is 0.750. The predicted octanol–water partition coefficient (Wildman–Crippen LogP) is 0.670. The maximum Gasteiger partial charge on any atom is 0.448 e. The molecule has 0 spiro atoms. The molecule has 0 aromatic carbocycles. The Balaban J connectivity index is 4.26. The summed E-state index contributed by atoms with van der Waals surface area (Å²) in [6.07, 6.45) is -7.15. The van der Waals surface area contributed by atoms with Gasteiger partial charge in [0.1, 0.15) is 0 Å². The molecule has 0 heterocycles. The summed E-state index contributed by atoms with van der Waals surface area (Å²) in [4.78, 5) is -0.0139. The van der Waals surface area contributed by atoms with E-state index in [9.17, 15) is 17.6 Å². The number of halogens is 4. The minimum atomic E-state index is -4.85. The zero-order valence-corrected chi connectivity index (χ0v) is 5.61. The van der Waals surface area contributed by atoms with Crippen LogP contribution in [0.2, 0.25) is 0 Å². The minimum Gasteiger partial charge on any atom is -0.314 e. The van der Waals surface area contributed by atoms with E-state index in [-0.39, 0.29) is 4.90 Å². The van der Waals surface area contributed by atoms with E-state index >= 15 is 0 Å². The van der Waals surface area contributed by atoms with Crippen LogP contribution in [-0.4, -0.2) is 30.4 Å². The van der Waals surface area contributed by atoms with E-state index in [0.29, 0.717) is 0 Å². The van der Waals surface area contributed by atoms with E-state index in [1.165, 1.54) is 0 Å². The summed E-state index contributed by atoms with van der Waals surface area (Å²) in [5, 5.41) is 6.36. The van der Waals surface area contributed by atoms with Crippen LogP contribution in [0.5, 0.6) is 0 Å². The quantitative estimate of drug-likeness (QED) is 0.201. The average Bonchev–Trinajstić information content (AvgIpc) is 1.82. The van der Waals surface area contributed by atoms with Gasteiger partial charge in [0.2, 0.25) is 12.3 Å². The number of amidine groups is 1. The molecule has 0 rings (SSSR count). The van der Waals surface area contributed by atoms with Crippen LogP contribution in [0.25, 0.3) is 0 Å². The Kier molecular flexibility index (Phi) is 2.80. The second kappa shape index (κ2) is 3.04. The fourth-order valence-corrected chi connectivity index (χ4v) is 0.323. The van der Waals surface area contributed by atoms with Crippen LogP contribution in [0.15, 0.2) is 0 Å². The second-order valence-corrected chi connectivity index (χ2v) is 1.83. The molecule has 0 amide bonds. The largest absolute Gasteiger partial charge is 0.448 e. The van der Waals surface area contributed by atoms with Crippen molar-refractivity contribution in [2.75, 3.05) is 7.05 Å². The van der Waals surface area contributed by atoms with Crippen molar-refractivity contribution in [2.24, 2.45) is 5.73 Å². The Bertz CT molecular complexity index is 152. The first kappa shape index (κ1) is 10.2. The summed E-state index contributed by atoms with van der Waals surface area (Å²) < 4.78 is 46.7. The molecule has 0 aliphatic heterocycles. The lowest BCUT2D eigenvalue weighted by atomic mass is 10.5. The summed E-state index contributed by atoms with van der Waals surface area (Å²) >= 11 is 0. The lowest BCUT2D eigenvalue weighted by molar-refractivity contribution is -0.0735. The molecular formula is C4H7F4N3. The van der Waals surface area contributed by atoms with Crippen LogP contribution in [0.1, 0.15) is 0 Å². The number of nitrogens with one attached hydrogen (secondary N) is 1. The molecule has 0 fully saturated rings. The molecule has 3 N–H and O–H groups in total. The molecule has 0 aromatic rings. The highest BCUT2D eigenvalue weighted by molar-refractivity contribution is 5.84. The predicted molar refractivity (Wildman–Crippen MR) is 30.6 cm³/mol. The molecule has 0 saturated heterocycles. The van der Waals surface area contributed by atoms with Gasteiger partial charge in [0.25, 0.3) is 0 Å². The number of alkyl halides is 4. The number of nitrogens with two attached hydrogens (primary N) is 1. The molecule has 3 nitrogen and oxygen atoms in total.